The van der Waals surface area contributed by atoms with E-state index in [1.54, 1.807) is 24.3 Å². The number of aryl methyl sites for hydroxylation is 2. The molecule has 128 valence electrons. The number of halogens is 1. The Morgan fingerprint density at radius 3 is 2.75 bits per heavy atom. The summed E-state index contributed by atoms with van der Waals surface area (Å²) in [4.78, 5) is 14.7. The van der Waals surface area contributed by atoms with Crippen molar-refractivity contribution in [3.63, 3.8) is 0 Å². The van der Waals surface area contributed by atoms with Gasteiger partial charge in [-0.15, -0.1) is 0 Å². The fraction of sp³-hybridized carbons (Fsp3) is 0.444. The molecule has 1 aliphatic heterocycles. The Morgan fingerprint density at radius 1 is 1.38 bits per heavy atom. The van der Waals surface area contributed by atoms with Crippen LogP contribution in [-0.2, 0) is 6.54 Å². The van der Waals surface area contributed by atoms with Gasteiger partial charge in [-0.2, -0.15) is 0 Å². The fourth-order valence-corrected chi connectivity index (χ4v) is 3.28. The summed E-state index contributed by atoms with van der Waals surface area (Å²) in [6.07, 6.45) is 1.88. The molecule has 1 fully saturated rings. The number of nitrogens with zero attached hydrogens (tertiary/aromatic N) is 2. The molecule has 1 saturated heterocycles. The molecule has 0 bridgehead atoms. The van der Waals surface area contributed by atoms with E-state index in [0.717, 1.165) is 43.9 Å². The quantitative estimate of drug-likeness (QED) is 0.921. The van der Waals surface area contributed by atoms with Gasteiger partial charge in [0, 0.05) is 41.8 Å². The normalized spacial score (nSPS) is 16.3. The van der Waals surface area contributed by atoms with Crippen LogP contribution >= 0.6 is 11.6 Å². The molecule has 0 saturated carbocycles. The van der Waals surface area contributed by atoms with Crippen molar-refractivity contribution in [3.8, 4) is 0 Å². The summed E-state index contributed by atoms with van der Waals surface area (Å²) in [6.45, 7) is 6.68. The number of piperidine rings is 1. The number of rotatable bonds is 4. The Labute approximate surface area is 147 Å². The zero-order valence-electron chi connectivity index (χ0n) is 14.0. The first kappa shape index (κ1) is 17.0. The van der Waals surface area contributed by atoms with E-state index >= 15 is 0 Å². The minimum absolute atomic E-state index is 0.0540. The first-order valence-corrected chi connectivity index (χ1v) is 8.61. The van der Waals surface area contributed by atoms with Crippen LogP contribution in [0.1, 0.15) is 40.2 Å². The SMILES string of the molecule is Cc1noc(C)c1CN1CCC(NC(=O)c2cccc(Cl)c2)CC1. The Bertz CT molecular complexity index is 701. The molecule has 1 N–H and O–H groups in total. The van der Waals surface area contributed by atoms with Gasteiger partial charge in [0.2, 0.25) is 0 Å². The molecule has 0 unspecified atom stereocenters. The highest BCUT2D eigenvalue weighted by Gasteiger charge is 2.23. The van der Waals surface area contributed by atoms with E-state index in [2.05, 4.69) is 15.4 Å². The van der Waals surface area contributed by atoms with Crippen molar-refractivity contribution in [2.45, 2.75) is 39.3 Å². The van der Waals surface area contributed by atoms with Gasteiger partial charge >= 0.3 is 0 Å². The van der Waals surface area contributed by atoms with Crippen LogP contribution in [0, 0.1) is 13.8 Å². The number of aromatic nitrogens is 1. The van der Waals surface area contributed by atoms with Gasteiger partial charge in [-0.3, -0.25) is 9.69 Å². The van der Waals surface area contributed by atoms with Gasteiger partial charge in [-0.1, -0.05) is 22.8 Å². The van der Waals surface area contributed by atoms with Crippen LogP contribution in [0.3, 0.4) is 0 Å². The summed E-state index contributed by atoms with van der Waals surface area (Å²) in [5.41, 5.74) is 2.75. The lowest BCUT2D eigenvalue weighted by Gasteiger charge is -2.32. The molecule has 1 amide bonds. The summed E-state index contributed by atoms with van der Waals surface area (Å²) in [6, 6.07) is 7.25. The van der Waals surface area contributed by atoms with Crippen molar-refractivity contribution in [2.75, 3.05) is 13.1 Å². The van der Waals surface area contributed by atoms with Gasteiger partial charge < -0.3 is 9.84 Å². The molecule has 0 atom stereocenters. The van der Waals surface area contributed by atoms with E-state index < -0.39 is 0 Å². The number of benzene rings is 1. The third-order valence-electron chi connectivity index (χ3n) is 4.57. The van der Waals surface area contributed by atoms with E-state index in [0.29, 0.717) is 10.6 Å². The average Bonchev–Trinajstić information content (AvgIpc) is 2.88. The van der Waals surface area contributed by atoms with Gasteiger partial charge in [-0.05, 0) is 44.9 Å². The van der Waals surface area contributed by atoms with Crippen molar-refractivity contribution in [1.82, 2.24) is 15.4 Å². The van der Waals surface area contributed by atoms with E-state index in [9.17, 15) is 4.79 Å². The Hall–Kier alpha value is -1.85. The minimum Gasteiger partial charge on any atom is -0.361 e. The number of likely N-dealkylation sites (tertiary alicyclic amines) is 1. The summed E-state index contributed by atoms with van der Waals surface area (Å²) >= 11 is 5.94. The van der Waals surface area contributed by atoms with E-state index in [4.69, 9.17) is 16.1 Å². The Balaban J connectivity index is 1.51. The molecular formula is C18H22ClN3O2. The molecule has 6 heteroatoms. The maximum Gasteiger partial charge on any atom is 0.251 e. The van der Waals surface area contributed by atoms with Crippen molar-refractivity contribution in [3.05, 3.63) is 51.9 Å². The molecule has 24 heavy (non-hydrogen) atoms. The lowest BCUT2D eigenvalue weighted by molar-refractivity contribution is 0.0909. The van der Waals surface area contributed by atoms with Crippen LogP contribution in [0.5, 0.6) is 0 Å². The molecule has 0 aliphatic carbocycles. The van der Waals surface area contributed by atoms with Crippen LogP contribution in [0.25, 0.3) is 0 Å². The first-order valence-electron chi connectivity index (χ1n) is 8.23. The number of hydrogen-bond acceptors (Lipinski definition) is 4. The van der Waals surface area contributed by atoms with Crippen molar-refractivity contribution >= 4 is 17.5 Å². The van der Waals surface area contributed by atoms with Gasteiger partial charge in [0.05, 0.1) is 5.69 Å². The monoisotopic (exact) mass is 347 g/mol. The van der Waals surface area contributed by atoms with Crippen LogP contribution in [-0.4, -0.2) is 35.1 Å². The number of nitrogens with one attached hydrogen (secondary N) is 1. The molecule has 0 radical (unpaired) electrons. The maximum atomic E-state index is 12.3. The lowest BCUT2D eigenvalue weighted by atomic mass is 10.0. The van der Waals surface area contributed by atoms with Crippen LogP contribution in [0.15, 0.2) is 28.8 Å². The van der Waals surface area contributed by atoms with Crippen molar-refractivity contribution in [1.29, 1.82) is 0 Å². The Morgan fingerprint density at radius 2 is 2.12 bits per heavy atom. The highest BCUT2D eigenvalue weighted by atomic mass is 35.5. The number of hydrogen-bond donors (Lipinski definition) is 1. The van der Waals surface area contributed by atoms with E-state index in [1.165, 1.54) is 5.56 Å². The second-order valence-corrected chi connectivity index (χ2v) is 6.77. The number of carbonyl (C=O) groups excluding carboxylic acids is 1. The van der Waals surface area contributed by atoms with E-state index in [-0.39, 0.29) is 11.9 Å². The van der Waals surface area contributed by atoms with Crippen molar-refractivity contribution < 1.29 is 9.32 Å². The summed E-state index contributed by atoms with van der Waals surface area (Å²) < 4.78 is 5.22. The van der Waals surface area contributed by atoms with Gasteiger partial charge in [0.1, 0.15) is 5.76 Å². The summed E-state index contributed by atoms with van der Waals surface area (Å²) in [5, 5.41) is 7.70. The predicted molar refractivity (Wildman–Crippen MR) is 93.2 cm³/mol. The zero-order valence-corrected chi connectivity index (χ0v) is 14.8. The molecule has 2 aromatic rings. The largest absolute Gasteiger partial charge is 0.361 e. The molecule has 1 aliphatic rings. The average molecular weight is 348 g/mol. The van der Waals surface area contributed by atoms with E-state index in [1.807, 2.05) is 13.8 Å². The highest BCUT2D eigenvalue weighted by Crippen LogP contribution is 2.19. The Kier molecular flexibility index (Phi) is 5.21. The van der Waals surface area contributed by atoms with Crippen LogP contribution in [0.2, 0.25) is 5.02 Å². The van der Waals surface area contributed by atoms with Crippen LogP contribution in [0.4, 0.5) is 0 Å². The van der Waals surface area contributed by atoms with Gasteiger partial charge in [0.15, 0.2) is 0 Å². The summed E-state index contributed by atoms with van der Waals surface area (Å²) in [5.74, 6) is 0.838. The minimum atomic E-state index is -0.0540. The topological polar surface area (TPSA) is 58.4 Å². The first-order chi connectivity index (χ1) is 11.5. The maximum absolute atomic E-state index is 12.3. The lowest BCUT2D eigenvalue weighted by Crippen LogP contribution is -2.44. The van der Waals surface area contributed by atoms with Gasteiger partial charge in [0.25, 0.3) is 5.91 Å². The molecule has 1 aromatic carbocycles. The predicted octanol–water partition coefficient (Wildman–Crippen LogP) is 3.34. The second-order valence-electron chi connectivity index (χ2n) is 6.34. The van der Waals surface area contributed by atoms with Crippen molar-refractivity contribution in [2.24, 2.45) is 0 Å². The zero-order chi connectivity index (χ0) is 17.1. The summed E-state index contributed by atoms with van der Waals surface area (Å²) in [7, 11) is 0. The molecule has 1 aromatic heterocycles. The number of amides is 1. The fourth-order valence-electron chi connectivity index (χ4n) is 3.09. The smallest absolute Gasteiger partial charge is 0.251 e. The second kappa shape index (κ2) is 7.36. The highest BCUT2D eigenvalue weighted by molar-refractivity contribution is 6.30. The standard InChI is InChI=1S/C18H22ClN3O2/c1-12-17(13(2)24-21-12)11-22-8-6-16(7-9-22)20-18(23)14-4-3-5-15(19)10-14/h3-5,10,16H,6-9,11H2,1-2H3,(H,20,23). The van der Waals surface area contributed by atoms with Gasteiger partial charge in [-0.25, -0.2) is 0 Å². The molecular weight excluding hydrogens is 326 g/mol. The molecule has 5 nitrogen and oxygen atoms in total. The molecule has 0 spiro atoms. The van der Waals surface area contributed by atoms with Crippen LogP contribution < -0.4 is 5.32 Å². The molecule has 3 rings (SSSR count). The third kappa shape index (κ3) is 3.97. The number of carbonyl (C=O) groups is 1. The third-order valence-corrected chi connectivity index (χ3v) is 4.81. The molecule has 2 heterocycles.